The lowest BCUT2D eigenvalue weighted by Crippen LogP contribution is -2.22. The summed E-state index contributed by atoms with van der Waals surface area (Å²) >= 11 is 6.17. The number of para-hydroxylation sites is 1. The second kappa shape index (κ2) is 8.05. The maximum Gasteiger partial charge on any atom is 0.258 e. The van der Waals surface area contributed by atoms with Crippen molar-refractivity contribution in [2.75, 3.05) is 11.9 Å². The van der Waals surface area contributed by atoms with Gasteiger partial charge in [0.2, 0.25) is 0 Å². The van der Waals surface area contributed by atoms with E-state index in [1.54, 1.807) is 35.1 Å². The Balaban J connectivity index is 1.76. The summed E-state index contributed by atoms with van der Waals surface area (Å²) in [6, 6.07) is 12.4. The van der Waals surface area contributed by atoms with Crippen LogP contribution >= 0.6 is 11.6 Å². The largest absolute Gasteiger partial charge is 0.352 e. The molecule has 0 fully saturated rings. The van der Waals surface area contributed by atoms with Crippen LogP contribution in [0, 0.1) is 6.92 Å². The van der Waals surface area contributed by atoms with E-state index in [-0.39, 0.29) is 11.8 Å². The molecule has 138 valence electrons. The third-order valence-corrected chi connectivity index (χ3v) is 4.34. The van der Waals surface area contributed by atoms with Gasteiger partial charge in [-0.25, -0.2) is 4.68 Å². The first-order valence-corrected chi connectivity index (χ1v) is 8.87. The summed E-state index contributed by atoms with van der Waals surface area (Å²) in [5.41, 5.74) is 3.09. The fraction of sp³-hybridized carbons (Fsp3) is 0.150. The van der Waals surface area contributed by atoms with Gasteiger partial charge in [-0.15, -0.1) is 0 Å². The summed E-state index contributed by atoms with van der Waals surface area (Å²) in [7, 11) is 0. The number of aryl methyl sites for hydroxylation is 1. The molecule has 1 aromatic heterocycles. The number of amides is 2. The number of rotatable bonds is 5. The van der Waals surface area contributed by atoms with Crippen molar-refractivity contribution >= 4 is 29.1 Å². The third kappa shape index (κ3) is 4.17. The summed E-state index contributed by atoms with van der Waals surface area (Å²) in [5, 5.41) is 10.4. The first-order chi connectivity index (χ1) is 13.0. The van der Waals surface area contributed by atoms with Gasteiger partial charge in [0.25, 0.3) is 11.8 Å². The van der Waals surface area contributed by atoms with Crippen LogP contribution in [0.25, 0.3) is 5.69 Å². The minimum atomic E-state index is -0.290. The number of hydrogen-bond donors (Lipinski definition) is 2. The molecule has 0 saturated heterocycles. The smallest absolute Gasteiger partial charge is 0.258 e. The first-order valence-electron chi connectivity index (χ1n) is 8.49. The van der Waals surface area contributed by atoms with E-state index < -0.39 is 0 Å². The van der Waals surface area contributed by atoms with Crippen LogP contribution in [0.3, 0.4) is 0 Å². The molecule has 27 heavy (non-hydrogen) atoms. The van der Waals surface area contributed by atoms with Crippen molar-refractivity contribution in [2.45, 2.75) is 13.8 Å². The van der Waals surface area contributed by atoms with Crippen molar-refractivity contribution in [3.63, 3.8) is 0 Å². The number of anilines is 1. The second-order valence-corrected chi connectivity index (χ2v) is 6.38. The van der Waals surface area contributed by atoms with Gasteiger partial charge in [0.05, 0.1) is 22.5 Å². The third-order valence-electron chi connectivity index (χ3n) is 4.02. The maximum atomic E-state index is 12.5. The Morgan fingerprint density at radius 3 is 2.59 bits per heavy atom. The molecule has 2 amide bonds. The summed E-state index contributed by atoms with van der Waals surface area (Å²) in [6.45, 7) is 4.26. The normalized spacial score (nSPS) is 10.5. The zero-order valence-electron chi connectivity index (χ0n) is 15.0. The van der Waals surface area contributed by atoms with E-state index in [1.807, 2.05) is 32.0 Å². The summed E-state index contributed by atoms with van der Waals surface area (Å²) in [5.74, 6) is -0.429. The first kappa shape index (κ1) is 18.7. The lowest BCUT2D eigenvalue weighted by Gasteiger charge is -2.09. The van der Waals surface area contributed by atoms with Crippen LogP contribution in [0.15, 0.2) is 54.9 Å². The van der Waals surface area contributed by atoms with Crippen molar-refractivity contribution < 1.29 is 9.59 Å². The molecule has 7 heteroatoms. The van der Waals surface area contributed by atoms with Crippen molar-refractivity contribution in [2.24, 2.45) is 0 Å². The van der Waals surface area contributed by atoms with Crippen molar-refractivity contribution in [1.82, 2.24) is 15.1 Å². The lowest BCUT2D eigenvalue weighted by atomic mass is 10.1. The molecule has 2 aromatic carbocycles. The lowest BCUT2D eigenvalue weighted by molar-refractivity contribution is 0.0955. The van der Waals surface area contributed by atoms with Gasteiger partial charge in [-0.1, -0.05) is 23.7 Å². The minimum Gasteiger partial charge on any atom is -0.352 e. The van der Waals surface area contributed by atoms with Gasteiger partial charge in [0.15, 0.2) is 0 Å². The highest BCUT2D eigenvalue weighted by Crippen LogP contribution is 2.21. The Labute approximate surface area is 162 Å². The number of carbonyl (C=O) groups excluding carboxylic acids is 2. The Morgan fingerprint density at radius 1 is 1.11 bits per heavy atom. The van der Waals surface area contributed by atoms with Gasteiger partial charge >= 0.3 is 0 Å². The Kier molecular flexibility index (Phi) is 5.57. The molecule has 3 rings (SSSR count). The summed E-state index contributed by atoms with van der Waals surface area (Å²) < 4.78 is 1.56. The van der Waals surface area contributed by atoms with E-state index in [4.69, 9.17) is 11.6 Å². The van der Waals surface area contributed by atoms with Crippen LogP contribution in [0.2, 0.25) is 5.02 Å². The molecule has 0 aliphatic carbocycles. The molecule has 0 atom stereocenters. The van der Waals surface area contributed by atoms with Crippen LogP contribution in [-0.2, 0) is 0 Å². The summed E-state index contributed by atoms with van der Waals surface area (Å²) in [4.78, 5) is 24.4. The van der Waals surface area contributed by atoms with E-state index in [0.29, 0.717) is 34.1 Å². The average molecular weight is 383 g/mol. The van der Waals surface area contributed by atoms with Crippen LogP contribution < -0.4 is 10.6 Å². The highest BCUT2D eigenvalue weighted by molar-refractivity contribution is 6.32. The Morgan fingerprint density at radius 2 is 1.89 bits per heavy atom. The quantitative estimate of drug-likeness (QED) is 0.704. The molecular formula is C20H19ClN4O2. The van der Waals surface area contributed by atoms with Crippen LogP contribution in [0.1, 0.15) is 33.2 Å². The van der Waals surface area contributed by atoms with Crippen molar-refractivity contribution in [3.8, 4) is 5.69 Å². The monoisotopic (exact) mass is 382 g/mol. The van der Waals surface area contributed by atoms with E-state index in [0.717, 1.165) is 5.56 Å². The zero-order chi connectivity index (χ0) is 19.4. The van der Waals surface area contributed by atoms with Gasteiger partial charge < -0.3 is 10.6 Å². The zero-order valence-corrected chi connectivity index (χ0v) is 15.7. The molecule has 0 aliphatic heterocycles. The SMILES string of the molecule is CCNC(=O)c1ccc(NC(=O)c2cnn(-c3ccccc3Cl)c2)c(C)c1. The molecule has 3 aromatic rings. The van der Waals surface area contributed by atoms with Gasteiger partial charge in [0.1, 0.15) is 0 Å². The van der Waals surface area contributed by atoms with Crippen molar-refractivity contribution in [3.05, 3.63) is 76.6 Å². The van der Waals surface area contributed by atoms with Gasteiger partial charge in [-0.05, 0) is 49.7 Å². The number of nitrogens with one attached hydrogen (secondary N) is 2. The second-order valence-electron chi connectivity index (χ2n) is 5.97. The number of hydrogen-bond acceptors (Lipinski definition) is 3. The fourth-order valence-corrected chi connectivity index (χ4v) is 2.83. The molecule has 2 N–H and O–H groups in total. The fourth-order valence-electron chi connectivity index (χ4n) is 2.61. The molecule has 0 saturated carbocycles. The van der Waals surface area contributed by atoms with E-state index in [2.05, 4.69) is 15.7 Å². The number of nitrogens with zero attached hydrogens (tertiary/aromatic N) is 2. The predicted molar refractivity (Wildman–Crippen MR) is 106 cm³/mol. The highest BCUT2D eigenvalue weighted by Gasteiger charge is 2.13. The highest BCUT2D eigenvalue weighted by atomic mass is 35.5. The molecule has 0 aliphatic rings. The van der Waals surface area contributed by atoms with E-state index in [9.17, 15) is 9.59 Å². The predicted octanol–water partition coefficient (Wildman–Crippen LogP) is 3.84. The molecule has 0 radical (unpaired) electrons. The number of aromatic nitrogens is 2. The average Bonchev–Trinajstić information content (AvgIpc) is 3.14. The Hall–Kier alpha value is -3.12. The van der Waals surface area contributed by atoms with Crippen LogP contribution in [0.4, 0.5) is 5.69 Å². The van der Waals surface area contributed by atoms with Crippen LogP contribution in [-0.4, -0.2) is 28.1 Å². The van der Waals surface area contributed by atoms with Crippen LogP contribution in [0.5, 0.6) is 0 Å². The standard InChI is InChI=1S/C20H19ClN4O2/c1-3-22-19(26)14-8-9-17(13(2)10-14)24-20(27)15-11-23-25(12-15)18-7-5-4-6-16(18)21/h4-12H,3H2,1-2H3,(H,22,26)(H,24,27). The molecule has 0 bridgehead atoms. The molecular weight excluding hydrogens is 364 g/mol. The molecule has 0 spiro atoms. The molecule has 1 heterocycles. The van der Waals surface area contributed by atoms with Gasteiger partial charge in [0, 0.05) is 24.0 Å². The Bertz CT molecular complexity index is 997. The summed E-state index contributed by atoms with van der Waals surface area (Å²) in [6.07, 6.45) is 3.10. The minimum absolute atomic E-state index is 0.139. The van der Waals surface area contributed by atoms with E-state index >= 15 is 0 Å². The molecule has 0 unspecified atom stereocenters. The molecule has 6 nitrogen and oxygen atoms in total. The van der Waals surface area contributed by atoms with Crippen molar-refractivity contribution in [1.29, 1.82) is 0 Å². The van der Waals surface area contributed by atoms with E-state index in [1.165, 1.54) is 6.20 Å². The number of carbonyl (C=O) groups is 2. The number of halogens is 1. The maximum absolute atomic E-state index is 12.5. The van der Waals surface area contributed by atoms with Gasteiger partial charge in [-0.3, -0.25) is 9.59 Å². The van der Waals surface area contributed by atoms with Gasteiger partial charge in [-0.2, -0.15) is 5.10 Å². The number of benzene rings is 2. The topological polar surface area (TPSA) is 76.0 Å².